The molecular formula is C16H32O2. The molecule has 108 valence electrons. The number of rotatable bonds is 7. The summed E-state index contributed by atoms with van der Waals surface area (Å²) in [7, 11) is 1.60. The normalized spacial score (nSPS) is 32.2. The lowest BCUT2D eigenvalue weighted by Gasteiger charge is -2.38. The van der Waals surface area contributed by atoms with Crippen LogP contribution >= 0.6 is 0 Å². The van der Waals surface area contributed by atoms with Crippen LogP contribution in [0.3, 0.4) is 0 Å². The van der Waals surface area contributed by atoms with Gasteiger partial charge in [-0.05, 0) is 36.5 Å². The van der Waals surface area contributed by atoms with Gasteiger partial charge in [-0.3, -0.25) is 0 Å². The van der Waals surface area contributed by atoms with Crippen LogP contribution in [-0.2, 0) is 4.74 Å². The van der Waals surface area contributed by atoms with Gasteiger partial charge in [-0.1, -0.05) is 46.5 Å². The fourth-order valence-electron chi connectivity index (χ4n) is 3.44. The van der Waals surface area contributed by atoms with Crippen LogP contribution in [-0.4, -0.2) is 18.5 Å². The Kier molecular flexibility index (Phi) is 7.25. The summed E-state index contributed by atoms with van der Waals surface area (Å²) in [6, 6.07) is 0. The van der Waals surface area contributed by atoms with Crippen molar-refractivity contribution < 1.29 is 9.84 Å². The van der Waals surface area contributed by atoms with Crippen LogP contribution in [0.15, 0.2) is 0 Å². The van der Waals surface area contributed by atoms with Crippen molar-refractivity contribution >= 4 is 0 Å². The molecule has 1 saturated carbocycles. The molecule has 1 aliphatic rings. The molecule has 0 aliphatic heterocycles. The summed E-state index contributed by atoms with van der Waals surface area (Å²) in [6.45, 7) is 7.03. The minimum Gasteiger partial charge on any atom is -0.368 e. The maximum atomic E-state index is 9.72. The van der Waals surface area contributed by atoms with Crippen LogP contribution in [0.1, 0.15) is 65.7 Å². The highest BCUT2D eigenvalue weighted by Crippen LogP contribution is 2.40. The van der Waals surface area contributed by atoms with E-state index in [1.54, 1.807) is 7.11 Å². The first-order valence-electron chi connectivity index (χ1n) is 7.79. The Morgan fingerprint density at radius 3 is 2.67 bits per heavy atom. The van der Waals surface area contributed by atoms with Gasteiger partial charge >= 0.3 is 0 Å². The minimum absolute atomic E-state index is 0.564. The van der Waals surface area contributed by atoms with E-state index in [2.05, 4.69) is 20.8 Å². The van der Waals surface area contributed by atoms with Crippen LogP contribution in [0.5, 0.6) is 0 Å². The summed E-state index contributed by atoms with van der Waals surface area (Å²) in [5, 5.41) is 9.72. The Morgan fingerprint density at radius 2 is 2.06 bits per heavy atom. The largest absolute Gasteiger partial charge is 0.368 e. The van der Waals surface area contributed by atoms with Crippen molar-refractivity contribution in [2.45, 2.75) is 72.0 Å². The summed E-state index contributed by atoms with van der Waals surface area (Å²) < 4.78 is 5.04. The first-order valence-corrected chi connectivity index (χ1v) is 7.79. The molecule has 0 aromatic rings. The third-order valence-corrected chi connectivity index (χ3v) is 5.04. The highest BCUT2D eigenvalue weighted by atomic mass is 16.6. The molecule has 0 aromatic heterocycles. The summed E-state index contributed by atoms with van der Waals surface area (Å²) in [6.07, 6.45) is 8.18. The molecule has 1 N–H and O–H groups in total. The molecule has 0 spiro atoms. The summed E-state index contributed by atoms with van der Waals surface area (Å²) in [5.41, 5.74) is 0. The van der Waals surface area contributed by atoms with E-state index in [4.69, 9.17) is 4.74 Å². The molecule has 0 radical (unpaired) electrons. The molecular weight excluding hydrogens is 224 g/mol. The Bertz CT molecular complexity index is 217. The number of methoxy groups -OCH3 is 1. The van der Waals surface area contributed by atoms with Crippen molar-refractivity contribution in [3.63, 3.8) is 0 Å². The van der Waals surface area contributed by atoms with Gasteiger partial charge in [0.15, 0.2) is 6.29 Å². The number of ether oxygens (including phenoxy) is 1. The quantitative estimate of drug-likeness (QED) is 0.691. The molecule has 0 heterocycles. The summed E-state index contributed by atoms with van der Waals surface area (Å²) in [5.74, 6) is 3.11. The van der Waals surface area contributed by atoms with Crippen LogP contribution in [0, 0.1) is 23.7 Å². The first-order chi connectivity index (χ1) is 8.58. The van der Waals surface area contributed by atoms with E-state index in [0.717, 1.165) is 24.2 Å². The highest BCUT2D eigenvalue weighted by Gasteiger charge is 2.31. The topological polar surface area (TPSA) is 29.5 Å². The maximum Gasteiger partial charge on any atom is 0.154 e. The zero-order chi connectivity index (χ0) is 13.5. The number of hydrogen-bond acceptors (Lipinski definition) is 2. The Labute approximate surface area is 113 Å². The standard InChI is InChI=1S/C16H32O2/c1-5-12(2)9-10-15-13(3)7-6-8-14(15)11-16(17)18-4/h12-17H,5-11H2,1-4H3. The molecule has 5 unspecified atom stereocenters. The molecule has 18 heavy (non-hydrogen) atoms. The average molecular weight is 256 g/mol. The van der Waals surface area contributed by atoms with Gasteiger partial charge in [-0.15, -0.1) is 0 Å². The predicted octanol–water partition coefficient (Wildman–Crippen LogP) is 4.22. The Hall–Kier alpha value is -0.0800. The second kappa shape index (κ2) is 8.16. The maximum absolute atomic E-state index is 9.72. The monoisotopic (exact) mass is 256 g/mol. The summed E-state index contributed by atoms with van der Waals surface area (Å²) >= 11 is 0. The van der Waals surface area contributed by atoms with Crippen LogP contribution in [0.2, 0.25) is 0 Å². The highest BCUT2D eigenvalue weighted by molar-refractivity contribution is 4.81. The van der Waals surface area contributed by atoms with Crippen molar-refractivity contribution in [2.24, 2.45) is 23.7 Å². The van der Waals surface area contributed by atoms with E-state index in [9.17, 15) is 5.11 Å². The van der Waals surface area contributed by atoms with E-state index >= 15 is 0 Å². The van der Waals surface area contributed by atoms with Crippen LogP contribution in [0.25, 0.3) is 0 Å². The fraction of sp³-hybridized carbons (Fsp3) is 1.00. The van der Waals surface area contributed by atoms with Crippen LogP contribution < -0.4 is 0 Å². The third kappa shape index (κ3) is 4.89. The zero-order valence-electron chi connectivity index (χ0n) is 12.7. The van der Waals surface area contributed by atoms with Gasteiger partial charge < -0.3 is 9.84 Å². The van der Waals surface area contributed by atoms with Crippen molar-refractivity contribution in [1.82, 2.24) is 0 Å². The van der Waals surface area contributed by atoms with Crippen molar-refractivity contribution in [2.75, 3.05) is 7.11 Å². The second-order valence-corrected chi connectivity index (χ2v) is 6.35. The SMILES string of the molecule is CCC(C)CCC1C(C)CCCC1CC(O)OC. The van der Waals surface area contributed by atoms with E-state index < -0.39 is 6.29 Å². The van der Waals surface area contributed by atoms with E-state index in [1.165, 1.54) is 38.5 Å². The molecule has 0 saturated heterocycles. The molecule has 1 aliphatic carbocycles. The average Bonchev–Trinajstić information content (AvgIpc) is 2.37. The first kappa shape index (κ1) is 16.0. The van der Waals surface area contributed by atoms with Gasteiger partial charge in [0.25, 0.3) is 0 Å². The fourth-order valence-corrected chi connectivity index (χ4v) is 3.44. The molecule has 0 bridgehead atoms. The van der Waals surface area contributed by atoms with E-state index in [0.29, 0.717) is 5.92 Å². The molecule has 5 atom stereocenters. The lowest BCUT2D eigenvalue weighted by atomic mass is 9.69. The minimum atomic E-state index is -0.564. The van der Waals surface area contributed by atoms with E-state index in [-0.39, 0.29) is 0 Å². The van der Waals surface area contributed by atoms with E-state index in [1.807, 2.05) is 0 Å². The predicted molar refractivity (Wildman–Crippen MR) is 76.3 cm³/mol. The van der Waals surface area contributed by atoms with Gasteiger partial charge in [0.2, 0.25) is 0 Å². The number of hydrogen-bond donors (Lipinski definition) is 1. The van der Waals surface area contributed by atoms with Gasteiger partial charge in [0, 0.05) is 13.5 Å². The van der Waals surface area contributed by atoms with Crippen molar-refractivity contribution in [1.29, 1.82) is 0 Å². The molecule has 1 rings (SSSR count). The lowest BCUT2D eigenvalue weighted by Crippen LogP contribution is -2.30. The van der Waals surface area contributed by atoms with Gasteiger partial charge in [0.05, 0.1) is 0 Å². The van der Waals surface area contributed by atoms with Gasteiger partial charge in [0.1, 0.15) is 0 Å². The second-order valence-electron chi connectivity index (χ2n) is 6.35. The Balaban J connectivity index is 2.50. The molecule has 2 nitrogen and oxygen atoms in total. The lowest BCUT2D eigenvalue weighted by molar-refractivity contribution is -0.0972. The van der Waals surface area contributed by atoms with Crippen molar-refractivity contribution in [3.05, 3.63) is 0 Å². The smallest absolute Gasteiger partial charge is 0.154 e. The zero-order valence-corrected chi connectivity index (χ0v) is 12.7. The van der Waals surface area contributed by atoms with Crippen LogP contribution in [0.4, 0.5) is 0 Å². The Morgan fingerprint density at radius 1 is 1.33 bits per heavy atom. The number of aliphatic hydroxyl groups excluding tert-OH is 1. The number of aliphatic hydroxyl groups is 1. The van der Waals surface area contributed by atoms with Crippen molar-refractivity contribution in [3.8, 4) is 0 Å². The molecule has 0 aromatic carbocycles. The van der Waals surface area contributed by atoms with Gasteiger partial charge in [-0.25, -0.2) is 0 Å². The molecule has 2 heteroatoms. The summed E-state index contributed by atoms with van der Waals surface area (Å²) in [4.78, 5) is 0. The van der Waals surface area contributed by atoms with Gasteiger partial charge in [-0.2, -0.15) is 0 Å². The third-order valence-electron chi connectivity index (χ3n) is 5.04. The molecule has 1 fully saturated rings. The molecule has 0 amide bonds.